The minimum absolute atomic E-state index is 0.314. The molecule has 0 N–H and O–H groups in total. The molecule has 3 heteroatoms. The van der Waals surface area contributed by atoms with E-state index in [9.17, 15) is 0 Å². The molecular weight excluding hydrogens is 234 g/mol. The SMILES string of the molecule is BrC(Br)N1C=CCC1. The minimum Gasteiger partial charge on any atom is -0.356 e. The van der Waals surface area contributed by atoms with E-state index in [0.717, 1.165) is 6.54 Å². The van der Waals surface area contributed by atoms with Crippen LogP contribution in [0.4, 0.5) is 0 Å². The van der Waals surface area contributed by atoms with E-state index < -0.39 is 0 Å². The van der Waals surface area contributed by atoms with Gasteiger partial charge in [-0.25, -0.2) is 0 Å². The van der Waals surface area contributed by atoms with Crippen molar-refractivity contribution in [2.45, 2.75) is 10.3 Å². The van der Waals surface area contributed by atoms with Crippen molar-refractivity contribution in [3.05, 3.63) is 12.3 Å². The molecule has 1 aliphatic rings. The summed E-state index contributed by atoms with van der Waals surface area (Å²) in [5.74, 6) is 0. The molecule has 0 aromatic rings. The van der Waals surface area contributed by atoms with Crippen molar-refractivity contribution in [1.29, 1.82) is 0 Å². The van der Waals surface area contributed by atoms with E-state index in [1.807, 2.05) is 0 Å². The zero-order valence-electron chi connectivity index (χ0n) is 4.35. The molecule has 1 heterocycles. The Hall–Kier alpha value is 0.500. The van der Waals surface area contributed by atoms with E-state index in [4.69, 9.17) is 0 Å². The van der Waals surface area contributed by atoms with E-state index in [1.165, 1.54) is 6.42 Å². The van der Waals surface area contributed by atoms with Gasteiger partial charge in [0.1, 0.15) is 3.86 Å². The summed E-state index contributed by atoms with van der Waals surface area (Å²) < 4.78 is 0.314. The van der Waals surface area contributed by atoms with E-state index in [1.54, 1.807) is 0 Å². The highest BCUT2D eigenvalue weighted by Crippen LogP contribution is 2.18. The summed E-state index contributed by atoms with van der Waals surface area (Å²) in [6.07, 6.45) is 5.43. The molecule has 1 nitrogen and oxygen atoms in total. The number of halogens is 2. The summed E-state index contributed by atoms with van der Waals surface area (Å²) in [5, 5.41) is 0. The molecule has 0 spiro atoms. The second-order valence-corrected chi connectivity index (χ2v) is 4.65. The zero-order valence-corrected chi connectivity index (χ0v) is 7.52. The van der Waals surface area contributed by atoms with Gasteiger partial charge in [0.25, 0.3) is 0 Å². The van der Waals surface area contributed by atoms with Crippen molar-refractivity contribution >= 4 is 31.9 Å². The molecule has 0 aromatic carbocycles. The predicted molar refractivity (Wildman–Crippen MR) is 42.1 cm³/mol. The van der Waals surface area contributed by atoms with Gasteiger partial charge >= 0.3 is 0 Å². The Morgan fingerprint density at radius 2 is 2.25 bits per heavy atom. The van der Waals surface area contributed by atoms with Gasteiger partial charge in [0, 0.05) is 6.54 Å². The lowest BCUT2D eigenvalue weighted by atomic mass is 10.5. The summed E-state index contributed by atoms with van der Waals surface area (Å²) in [7, 11) is 0. The average Bonchev–Trinajstić information content (AvgIpc) is 2.12. The first-order valence-electron chi connectivity index (χ1n) is 2.51. The van der Waals surface area contributed by atoms with Crippen LogP contribution < -0.4 is 0 Å². The third-order valence-electron chi connectivity index (χ3n) is 1.10. The molecule has 0 saturated heterocycles. The van der Waals surface area contributed by atoms with Gasteiger partial charge in [0.15, 0.2) is 0 Å². The second kappa shape index (κ2) is 2.87. The number of hydrogen-bond donors (Lipinski definition) is 0. The fourth-order valence-corrected chi connectivity index (χ4v) is 1.35. The molecule has 0 unspecified atom stereocenters. The number of hydrogen-bond acceptors (Lipinski definition) is 1. The second-order valence-electron chi connectivity index (χ2n) is 1.69. The first-order chi connectivity index (χ1) is 3.80. The van der Waals surface area contributed by atoms with Crippen molar-refractivity contribution in [1.82, 2.24) is 4.90 Å². The van der Waals surface area contributed by atoms with E-state index in [2.05, 4.69) is 49.0 Å². The maximum atomic E-state index is 3.39. The predicted octanol–water partition coefficient (Wildman–Crippen LogP) is 2.28. The molecule has 0 aliphatic carbocycles. The molecule has 0 fully saturated rings. The third-order valence-corrected chi connectivity index (χ3v) is 2.15. The standard InChI is InChI=1S/C5H7Br2N/c6-5(7)8-3-1-2-4-8/h1,3,5H,2,4H2. The van der Waals surface area contributed by atoms with Gasteiger partial charge in [-0.15, -0.1) is 0 Å². The molecule has 0 saturated carbocycles. The molecule has 0 amide bonds. The summed E-state index contributed by atoms with van der Waals surface area (Å²) in [6.45, 7) is 1.13. The monoisotopic (exact) mass is 239 g/mol. The molecule has 1 rings (SSSR count). The Kier molecular flexibility index (Phi) is 2.38. The molecule has 0 bridgehead atoms. The van der Waals surface area contributed by atoms with Gasteiger partial charge < -0.3 is 4.90 Å². The summed E-state index contributed by atoms with van der Waals surface area (Å²) >= 11 is 6.78. The number of rotatable bonds is 1. The lowest BCUT2D eigenvalue weighted by Crippen LogP contribution is -2.17. The van der Waals surface area contributed by atoms with Crippen LogP contribution in [0.15, 0.2) is 12.3 Å². The lowest BCUT2D eigenvalue weighted by molar-refractivity contribution is 0.464. The van der Waals surface area contributed by atoms with Gasteiger partial charge in [0.2, 0.25) is 0 Å². The lowest BCUT2D eigenvalue weighted by Gasteiger charge is -2.15. The van der Waals surface area contributed by atoms with Crippen LogP contribution in [0.2, 0.25) is 0 Å². The Morgan fingerprint density at radius 1 is 1.50 bits per heavy atom. The van der Waals surface area contributed by atoms with Crippen LogP contribution >= 0.6 is 31.9 Å². The first kappa shape index (κ1) is 6.62. The van der Waals surface area contributed by atoms with E-state index in [0.29, 0.717) is 3.86 Å². The highest BCUT2D eigenvalue weighted by molar-refractivity contribution is 9.24. The molecule has 0 atom stereocenters. The van der Waals surface area contributed by atoms with Crippen LogP contribution in [-0.2, 0) is 0 Å². The summed E-state index contributed by atoms with van der Waals surface area (Å²) in [5.41, 5.74) is 0. The smallest absolute Gasteiger partial charge is 0.140 e. The van der Waals surface area contributed by atoms with Gasteiger partial charge in [-0.1, -0.05) is 37.9 Å². The minimum atomic E-state index is 0.314. The van der Waals surface area contributed by atoms with Crippen molar-refractivity contribution in [2.24, 2.45) is 0 Å². The van der Waals surface area contributed by atoms with Crippen LogP contribution in [0.5, 0.6) is 0 Å². The van der Waals surface area contributed by atoms with Crippen LogP contribution in [0.1, 0.15) is 6.42 Å². The highest BCUT2D eigenvalue weighted by atomic mass is 79.9. The van der Waals surface area contributed by atoms with Gasteiger partial charge in [-0.3, -0.25) is 0 Å². The molecule has 46 valence electrons. The normalized spacial score (nSPS) is 18.6. The van der Waals surface area contributed by atoms with Crippen molar-refractivity contribution < 1.29 is 0 Å². The largest absolute Gasteiger partial charge is 0.356 e. The molecule has 8 heavy (non-hydrogen) atoms. The van der Waals surface area contributed by atoms with E-state index in [-0.39, 0.29) is 0 Å². The van der Waals surface area contributed by atoms with E-state index >= 15 is 0 Å². The van der Waals surface area contributed by atoms with Crippen LogP contribution in [0.25, 0.3) is 0 Å². The van der Waals surface area contributed by atoms with Crippen LogP contribution in [-0.4, -0.2) is 15.3 Å². The van der Waals surface area contributed by atoms with Gasteiger partial charge in [-0.05, 0) is 12.6 Å². The number of alkyl halides is 2. The van der Waals surface area contributed by atoms with Crippen LogP contribution in [0, 0.1) is 0 Å². The summed E-state index contributed by atoms with van der Waals surface area (Å²) in [6, 6.07) is 0. The Bertz CT molecular complexity index is 101. The fourth-order valence-electron chi connectivity index (χ4n) is 0.671. The Labute approximate surface area is 66.0 Å². The first-order valence-corrected chi connectivity index (χ1v) is 4.34. The maximum absolute atomic E-state index is 3.39. The fraction of sp³-hybridized carbons (Fsp3) is 0.600. The Balaban J connectivity index is 2.36. The molecule has 0 radical (unpaired) electrons. The summed E-state index contributed by atoms with van der Waals surface area (Å²) in [4.78, 5) is 2.18. The molecule has 0 aromatic heterocycles. The maximum Gasteiger partial charge on any atom is 0.140 e. The molecule has 1 aliphatic heterocycles. The molecular formula is C5H7Br2N. The van der Waals surface area contributed by atoms with Crippen molar-refractivity contribution in [2.75, 3.05) is 6.54 Å². The van der Waals surface area contributed by atoms with Crippen molar-refractivity contribution in [3.63, 3.8) is 0 Å². The Morgan fingerprint density at radius 3 is 2.50 bits per heavy atom. The quantitative estimate of drug-likeness (QED) is 0.502. The van der Waals surface area contributed by atoms with Gasteiger partial charge in [-0.2, -0.15) is 0 Å². The number of nitrogens with zero attached hydrogens (tertiary/aromatic N) is 1. The third kappa shape index (κ3) is 1.49. The zero-order chi connectivity index (χ0) is 5.98. The average molecular weight is 241 g/mol. The topological polar surface area (TPSA) is 3.24 Å². The van der Waals surface area contributed by atoms with Crippen LogP contribution in [0.3, 0.4) is 0 Å². The van der Waals surface area contributed by atoms with Gasteiger partial charge in [0.05, 0.1) is 0 Å². The van der Waals surface area contributed by atoms with Crippen molar-refractivity contribution in [3.8, 4) is 0 Å². The highest BCUT2D eigenvalue weighted by Gasteiger charge is 2.08.